The minimum atomic E-state index is -1.45. The average Bonchev–Trinajstić information content (AvgIpc) is 1.80. The fourth-order valence-electron chi connectivity index (χ4n) is 1.76. The molecule has 1 unspecified atom stereocenters. The fourth-order valence-corrected chi connectivity index (χ4v) is 10.8. The molecular formula is C9H23ClOSi2. The van der Waals surface area contributed by atoms with E-state index in [0.29, 0.717) is 5.92 Å². The summed E-state index contributed by atoms with van der Waals surface area (Å²) in [5.74, 6) is 1.35. The summed E-state index contributed by atoms with van der Waals surface area (Å²) < 4.78 is 6.22. The maximum atomic E-state index is 6.22. The third-order valence-corrected chi connectivity index (χ3v) is 8.55. The van der Waals surface area contributed by atoms with Gasteiger partial charge in [-0.05, 0) is 44.7 Å². The summed E-state index contributed by atoms with van der Waals surface area (Å²) in [4.78, 5) is 0. The lowest BCUT2D eigenvalue weighted by Gasteiger charge is -2.33. The monoisotopic (exact) mass is 238 g/mol. The third-order valence-electron chi connectivity index (χ3n) is 1.69. The summed E-state index contributed by atoms with van der Waals surface area (Å²) in [5.41, 5.74) is 0. The summed E-state index contributed by atoms with van der Waals surface area (Å²) in [6.45, 7) is 13.6. The summed E-state index contributed by atoms with van der Waals surface area (Å²) in [5, 5.41) is 0. The molecule has 0 N–H and O–H groups in total. The van der Waals surface area contributed by atoms with Gasteiger partial charge in [-0.15, -0.1) is 11.6 Å². The number of halogens is 1. The van der Waals surface area contributed by atoms with E-state index >= 15 is 0 Å². The summed E-state index contributed by atoms with van der Waals surface area (Å²) in [7, 11) is -2.80. The Morgan fingerprint density at radius 1 is 1.15 bits per heavy atom. The molecule has 0 heterocycles. The SMILES string of the molecule is CC(CCl)C[Si](C)(C)O[Si](C)(C)C. The van der Waals surface area contributed by atoms with Gasteiger partial charge in [-0.2, -0.15) is 0 Å². The first-order valence-electron chi connectivity index (χ1n) is 4.92. The van der Waals surface area contributed by atoms with Crippen molar-refractivity contribution >= 4 is 28.2 Å². The molecule has 0 fully saturated rings. The predicted molar refractivity (Wildman–Crippen MR) is 66.6 cm³/mol. The molecule has 1 atom stereocenters. The van der Waals surface area contributed by atoms with Crippen LogP contribution in [-0.2, 0) is 4.12 Å². The van der Waals surface area contributed by atoms with Crippen LogP contribution in [0, 0.1) is 5.92 Å². The van der Waals surface area contributed by atoms with Crippen molar-refractivity contribution in [1.82, 2.24) is 0 Å². The zero-order valence-corrected chi connectivity index (χ0v) is 12.5. The molecule has 0 saturated carbocycles. The number of alkyl halides is 1. The molecule has 0 aliphatic carbocycles. The minimum Gasteiger partial charge on any atom is -0.456 e. The Kier molecular flexibility index (Phi) is 5.22. The van der Waals surface area contributed by atoms with E-state index in [1.54, 1.807) is 0 Å². The molecule has 80 valence electrons. The second-order valence-corrected chi connectivity index (χ2v) is 14.7. The lowest BCUT2D eigenvalue weighted by Crippen LogP contribution is -2.43. The van der Waals surface area contributed by atoms with Crippen LogP contribution < -0.4 is 0 Å². The van der Waals surface area contributed by atoms with Crippen molar-refractivity contribution in [3.8, 4) is 0 Å². The van der Waals surface area contributed by atoms with Crippen LogP contribution in [0.1, 0.15) is 6.92 Å². The van der Waals surface area contributed by atoms with E-state index < -0.39 is 16.6 Å². The molecule has 0 aromatic heterocycles. The molecule has 0 aromatic carbocycles. The Hall–Kier alpha value is 0.684. The van der Waals surface area contributed by atoms with Gasteiger partial charge in [0.15, 0.2) is 16.6 Å². The van der Waals surface area contributed by atoms with Gasteiger partial charge in [0.2, 0.25) is 0 Å². The lowest BCUT2D eigenvalue weighted by molar-refractivity contribution is 0.529. The highest BCUT2D eigenvalue weighted by molar-refractivity contribution is 6.84. The van der Waals surface area contributed by atoms with Gasteiger partial charge in [0, 0.05) is 5.88 Å². The second-order valence-electron chi connectivity index (χ2n) is 5.44. The van der Waals surface area contributed by atoms with Crippen LogP contribution in [0.15, 0.2) is 0 Å². The van der Waals surface area contributed by atoms with Crippen molar-refractivity contribution < 1.29 is 4.12 Å². The zero-order valence-electron chi connectivity index (χ0n) is 9.78. The molecule has 0 spiro atoms. The van der Waals surface area contributed by atoms with Crippen molar-refractivity contribution in [2.75, 3.05) is 5.88 Å². The van der Waals surface area contributed by atoms with E-state index in [-0.39, 0.29) is 0 Å². The van der Waals surface area contributed by atoms with Gasteiger partial charge in [0.05, 0.1) is 0 Å². The normalized spacial score (nSPS) is 15.9. The van der Waals surface area contributed by atoms with Crippen LogP contribution in [0.2, 0.25) is 38.8 Å². The smallest absolute Gasteiger partial charge is 0.173 e. The highest BCUT2D eigenvalue weighted by Gasteiger charge is 2.30. The van der Waals surface area contributed by atoms with E-state index in [1.165, 1.54) is 6.04 Å². The molecule has 0 saturated heterocycles. The second kappa shape index (κ2) is 4.96. The molecule has 0 amide bonds. The van der Waals surface area contributed by atoms with Gasteiger partial charge in [-0.1, -0.05) is 6.92 Å². The van der Waals surface area contributed by atoms with Crippen molar-refractivity contribution in [2.24, 2.45) is 5.92 Å². The van der Waals surface area contributed by atoms with Gasteiger partial charge < -0.3 is 4.12 Å². The van der Waals surface area contributed by atoms with E-state index in [0.717, 1.165) is 5.88 Å². The predicted octanol–water partition coefficient (Wildman–Crippen LogP) is 3.92. The molecule has 0 radical (unpaired) electrons. The van der Waals surface area contributed by atoms with Crippen molar-refractivity contribution in [2.45, 2.75) is 45.7 Å². The topological polar surface area (TPSA) is 9.23 Å². The molecule has 0 aliphatic rings. The van der Waals surface area contributed by atoms with Crippen LogP contribution >= 0.6 is 11.6 Å². The molecule has 0 aliphatic heterocycles. The summed E-state index contributed by atoms with van der Waals surface area (Å²) in [6.07, 6.45) is 0. The van der Waals surface area contributed by atoms with Crippen LogP contribution in [-0.4, -0.2) is 22.5 Å². The first-order chi connectivity index (χ1) is 5.66. The van der Waals surface area contributed by atoms with E-state index in [2.05, 4.69) is 39.7 Å². The quantitative estimate of drug-likeness (QED) is 0.521. The third kappa shape index (κ3) is 7.73. The Morgan fingerprint density at radius 2 is 1.62 bits per heavy atom. The highest BCUT2D eigenvalue weighted by Crippen LogP contribution is 2.22. The number of rotatable bonds is 5. The van der Waals surface area contributed by atoms with Crippen molar-refractivity contribution in [3.63, 3.8) is 0 Å². The van der Waals surface area contributed by atoms with Crippen LogP contribution in [0.5, 0.6) is 0 Å². The summed E-state index contributed by atoms with van der Waals surface area (Å²) in [6, 6.07) is 1.18. The Bertz CT molecular complexity index is 154. The van der Waals surface area contributed by atoms with E-state index in [9.17, 15) is 0 Å². The molecule has 1 nitrogen and oxygen atoms in total. The van der Waals surface area contributed by atoms with Crippen molar-refractivity contribution in [1.29, 1.82) is 0 Å². The van der Waals surface area contributed by atoms with Crippen LogP contribution in [0.3, 0.4) is 0 Å². The van der Waals surface area contributed by atoms with Crippen LogP contribution in [0.4, 0.5) is 0 Å². The molecule has 13 heavy (non-hydrogen) atoms. The van der Waals surface area contributed by atoms with Gasteiger partial charge >= 0.3 is 0 Å². The van der Waals surface area contributed by atoms with Gasteiger partial charge in [-0.25, -0.2) is 0 Å². The maximum Gasteiger partial charge on any atom is 0.173 e. The molecular weight excluding hydrogens is 216 g/mol. The Balaban J connectivity index is 4.08. The largest absolute Gasteiger partial charge is 0.456 e. The van der Waals surface area contributed by atoms with Crippen LogP contribution in [0.25, 0.3) is 0 Å². The Morgan fingerprint density at radius 3 is 1.92 bits per heavy atom. The van der Waals surface area contributed by atoms with E-state index in [4.69, 9.17) is 15.7 Å². The Labute approximate surface area is 90.1 Å². The molecule has 4 heteroatoms. The maximum absolute atomic E-state index is 6.22. The van der Waals surface area contributed by atoms with E-state index in [1.807, 2.05) is 0 Å². The lowest BCUT2D eigenvalue weighted by atomic mass is 10.3. The molecule has 0 bridgehead atoms. The molecule has 0 aromatic rings. The average molecular weight is 239 g/mol. The standard InChI is InChI=1S/C9H23ClOSi2/c1-9(7-10)8-13(5,6)11-12(2,3)4/h9H,7-8H2,1-6H3. The first kappa shape index (κ1) is 13.7. The summed E-state index contributed by atoms with van der Waals surface area (Å²) >= 11 is 5.81. The van der Waals surface area contributed by atoms with Gasteiger partial charge in [0.1, 0.15) is 0 Å². The fraction of sp³-hybridized carbons (Fsp3) is 1.00. The highest BCUT2D eigenvalue weighted by atomic mass is 35.5. The van der Waals surface area contributed by atoms with Gasteiger partial charge in [0.25, 0.3) is 0 Å². The number of hydrogen-bond donors (Lipinski definition) is 0. The number of hydrogen-bond acceptors (Lipinski definition) is 1. The minimum absolute atomic E-state index is 0.597. The first-order valence-corrected chi connectivity index (χ1v) is 12.0. The zero-order chi connectivity index (χ0) is 10.7. The molecule has 0 rings (SSSR count). The van der Waals surface area contributed by atoms with Gasteiger partial charge in [-0.3, -0.25) is 0 Å². The van der Waals surface area contributed by atoms with Crippen molar-refractivity contribution in [3.05, 3.63) is 0 Å².